The zero-order chi connectivity index (χ0) is 15.2. The minimum Gasteiger partial charge on any atom is -0.385 e. The number of fused-ring (bicyclic) bond motifs is 1. The molecule has 0 saturated carbocycles. The van der Waals surface area contributed by atoms with E-state index in [0.717, 1.165) is 42.6 Å². The van der Waals surface area contributed by atoms with Gasteiger partial charge in [0.25, 0.3) is 5.69 Å². The molecule has 1 N–H and O–H groups in total. The Balaban J connectivity index is 2.28. The van der Waals surface area contributed by atoms with Crippen LogP contribution in [0.15, 0.2) is 24.4 Å². The number of unbranched alkanes of at least 4 members (excludes halogenated alkanes) is 2. The lowest BCUT2D eigenvalue weighted by Gasteiger charge is -2.10. The first-order chi connectivity index (χ1) is 10.1. The van der Waals surface area contributed by atoms with Crippen LogP contribution in [0.25, 0.3) is 10.8 Å². The Kier molecular flexibility index (Phi) is 4.72. The number of terminal acetylenes is 1. The summed E-state index contributed by atoms with van der Waals surface area (Å²) >= 11 is 0. The van der Waals surface area contributed by atoms with E-state index in [4.69, 9.17) is 6.42 Å². The number of benzene rings is 1. The number of rotatable bonds is 6. The van der Waals surface area contributed by atoms with Crippen molar-refractivity contribution < 1.29 is 4.92 Å². The highest BCUT2D eigenvalue weighted by atomic mass is 16.6. The fourth-order valence-corrected chi connectivity index (χ4v) is 2.22. The Labute approximate surface area is 123 Å². The number of nitro groups is 1. The molecular weight excluding hydrogens is 266 g/mol. The molecule has 0 aliphatic carbocycles. The number of non-ortho nitro benzene ring substituents is 1. The molecule has 1 aromatic heterocycles. The maximum atomic E-state index is 11.1. The predicted octanol–water partition coefficient (Wildman–Crippen LogP) is 3.67. The fraction of sp³-hybridized carbons (Fsp3) is 0.312. The first-order valence-electron chi connectivity index (χ1n) is 6.84. The molecule has 0 bridgehead atoms. The molecule has 0 fully saturated rings. The smallest absolute Gasteiger partial charge is 0.278 e. The van der Waals surface area contributed by atoms with E-state index in [0.29, 0.717) is 5.39 Å². The highest BCUT2D eigenvalue weighted by Crippen LogP contribution is 2.31. The van der Waals surface area contributed by atoms with Crippen LogP contribution >= 0.6 is 0 Å². The third-order valence-corrected chi connectivity index (χ3v) is 3.27. The molecule has 21 heavy (non-hydrogen) atoms. The third-order valence-electron chi connectivity index (χ3n) is 3.27. The van der Waals surface area contributed by atoms with Crippen LogP contribution < -0.4 is 5.32 Å². The first-order valence-corrected chi connectivity index (χ1v) is 6.84. The van der Waals surface area contributed by atoms with Crippen LogP contribution in [0.2, 0.25) is 0 Å². The highest BCUT2D eigenvalue weighted by Gasteiger charge is 2.14. The van der Waals surface area contributed by atoms with Crippen molar-refractivity contribution in [2.45, 2.75) is 26.2 Å². The average molecular weight is 283 g/mol. The molecule has 0 radical (unpaired) electrons. The van der Waals surface area contributed by atoms with Crippen molar-refractivity contribution >= 4 is 22.1 Å². The zero-order valence-corrected chi connectivity index (χ0v) is 11.9. The van der Waals surface area contributed by atoms with Gasteiger partial charge in [-0.3, -0.25) is 15.1 Å². The molecule has 1 heterocycles. The summed E-state index contributed by atoms with van der Waals surface area (Å²) in [4.78, 5) is 14.9. The molecule has 0 saturated heterocycles. The SMILES string of the molecule is C#CCCCCNc1ccc([N+](=O)[O-])c2cnc(C)cc12. The van der Waals surface area contributed by atoms with Gasteiger partial charge in [0.1, 0.15) is 0 Å². The van der Waals surface area contributed by atoms with Gasteiger partial charge in [-0.2, -0.15) is 0 Å². The lowest BCUT2D eigenvalue weighted by molar-refractivity contribution is -0.383. The lowest BCUT2D eigenvalue weighted by Crippen LogP contribution is -2.03. The monoisotopic (exact) mass is 283 g/mol. The minimum absolute atomic E-state index is 0.0791. The van der Waals surface area contributed by atoms with Crippen LogP contribution in [0.1, 0.15) is 25.0 Å². The Hall–Kier alpha value is -2.61. The van der Waals surface area contributed by atoms with Crippen LogP contribution in [0.3, 0.4) is 0 Å². The zero-order valence-electron chi connectivity index (χ0n) is 11.9. The van der Waals surface area contributed by atoms with Gasteiger partial charge in [-0.15, -0.1) is 12.3 Å². The van der Waals surface area contributed by atoms with Crippen LogP contribution in [0.5, 0.6) is 0 Å². The Morgan fingerprint density at radius 2 is 2.19 bits per heavy atom. The normalized spacial score (nSPS) is 10.3. The van der Waals surface area contributed by atoms with Crippen molar-refractivity contribution in [1.29, 1.82) is 0 Å². The Bertz CT molecular complexity index is 704. The van der Waals surface area contributed by atoms with Crippen molar-refractivity contribution in [2.24, 2.45) is 0 Å². The second-order valence-corrected chi connectivity index (χ2v) is 4.85. The van der Waals surface area contributed by atoms with Crippen molar-refractivity contribution in [2.75, 3.05) is 11.9 Å². The Morgan fingerprint density at radius 1 is 1.38 bits per heavy atom. The van der Waals surface area contributed by atoms with E-state index < -0.39 is 0 Å². The lowest BCUT2D eigenvalue weighted by atomic mass is 10.1. The summed E-state index contributed by atoms with van der Waals surface area (Å²) in [6.45, 7) is 2.66. The quantitative estimate of drug-likeness (QED) is 0.380. The van der Waals surface area contributed by atoms with Gasteiger partial charge in [-0.05, 0) is 31.9 Å². The summed E-state index contributed by atoms with van der Waals surface area (Å²) in [5.74, 6) is 2.61. The number of pyridine rings is 1. The number of aryl methyl sites for hydroxylation is 1. The number of hydrogen-bond acceptors (Lipinski definition) is 4. The van der Waals surface area contributed by atoms with Crippen LogP contribution in [0, 0.1) is 29.4 Å². The molecule has 2 aromatic rings. The number of anilines is 1. The van der Waals surface area contributed by atoms with Crippen LogP contribution in [-0.2, 0) is 0 Å². The van der Waals surface area contributed by atoms with Crippen LogP contribution in [-0.4, -0.2) is 16.5 Å². The standard InChI is InChI=1S/C16H17N3O2/c1-3-4-5-6-9-17-15-7-8-16(19(20)21)14-11-18-12(2)10-13(14)15/h1,7-8,10-11,17H,4-6,9H2,2H3. The molecule has 108 valence electrons. The fourth-order valence-electron chi connectivity index (χ4n) is 2.22. The van der Waals surface area contributed by atoms with Crippen molar-refractivity contribution in [3.8, 4) is 12.3 Å². The molecule has 0 aliphatic heterocycles. The minimum atomic E-state index is -0.379. The molecule has 5 nitrogen and oxygen atoms in total. The van der Waals surface area contributed by atoms with Crippen molar-refractivity contribution in [1.82, 2.24) is 4.98 Å². The highest BCUT2D eigenvalue weighted by molar-refractivity contribution is 5.99. The maximum absolute atomic E-state index is 11.1. The Morgan fingerprint density at radius 3 is 2.90 bits per heavy atom. The van der Waals surface area contributed by atoms with Gasteiger partial charge in [0, 0.05) is 42.0 Å². The molecule has 0 aliphatic rings. The van der Waals surface area contributed by atoms with Gasteiger partial charge in [-0.1, -0.05) is 0 Å². The molecule has 5 heteroatoms. The summed E-state index contributed by atoms with van der Waals surface area (Å²) in [6.07, 6.45) is 9.48. The molecule has 0 amide bonds. The van der Waals surface area contributed by atoms with E-state index in [1.807, 2.05) is 13.0 Å². The molecule has 0 spiro atoms. The van der Waals surface area contributed by atoms with Gasteiger partial charge < -0.3 is 5.32 Å². The van der Waals surface area contributed by atoms with Crippen molar-refractivity contribution in [3.05, 3.63) is 40.2 Å². The second-order valence-electron chi connectivity index (χ2n) is 4.85. The number of hydrogen-bond donors (Lipinski definition) is 1. The molecule has 0 unspecified atom stereocenters. The summed E-state index contributed by atoms with van der Waals surface area (Å²) < 4.78 is 0. The van der Waals surface area contributed by atoms with Gasteiger partial charge >= 0.3 is 0 Å². The van der Waals surface area contributed by atoms with Gasteiger partial charge in [0.05, 0.1) is 10.3 Å². The van der Waals surface area contributed by atoms with E-state index in [9.17, 15) is 10.1 Å². The summed E-state index contributed by atoms with van der Waals surface area (Å²) in [7, 11) is 0. The first kappa shape index (κ1) is 14.8. The van der Waals surface area contributed by atoms with E-state index >= 15 is 0 Å². The molecule has 0 atom stereocenters. The second kappa shape index (κ2) is 6.71. The predicted molar refractivity (Wildman–Crippen MR) is 84.3 cm³/mol. The average Bonchev–Trinajstić information content (AvgIpc) is 2.46. The molecule has 1 aromatic carbocycles. The third kappa shape index (κ3) is 3.48. The van der Waals surface area contributed by atoms with E-state index in [1.165, 1.54) is 6.07 Å². The number of nitrogens with zero attached hydrogens (tertiary/aromatic N) is 2. The van der Waals surface area contributed by atoms with Gasteiger partial charge in [0.2, 0.25) is 0 Å². The number of nitrogens with one attached hydrogen (secondary N) is 1. The largest absolute Gasteiger partial charge is 0.385 e. The van der Waals surface area contributed by atoms with E-state index in [1.54, 1.807) is 12.3 Å². The summed E-state index contributed by atoms with van der Waals surface area (Å²) in [6, 6.07) is 5.14. The van der Waals surface area contributed by atoms with Crippen molar-refractivity contribution in [3.63, 3.8) is 0 Å². The van der Waals surface area contributed by atoms with Gasteiger partial charge in [0.15, 0.2) is 0 Å². The van der Waals surface area contributed by atoms with E-state index in [-0.39, 0.29) is 10.6 Å². The summed E-state index contributed by atoms with van der Waals surface area (Å²) in [5.41, 5.74) is 1.80. The number of aromatic nitrogens is 1. The van der Waals surface area contributed by atoms with Gasteiger partial charge in [-0.25, -0.2) is 0 Å². The molecular formula is C16H17N3O2. The maximum Gasteiger partial charge on any atom is 0.278 e. The van der Waals surface area contributed by atoms with E-state index in [2.05, 4.69) is 16.2 Å². The topological polar surface area (TPSA) is 68.1 Å². The molecule has 2 rings (SSSR count). The number of nitro benzene ring substituents is 1. The summed E-state index contributed by atoms with van der Waals surface area (Å²) in [5, 5.41) is 15.8. The van der Waals surface area contributed by atoms with Crippen LogP contribution in [0.4, 0.5) is 11.4 Å².